The molecule has 0 saturated heterocycles. The van der Waals surface area contributed by atoms with E-state index >= 15 is 0 Å². The molecule has 1 atom stereocenters. The molecule has 0 bridgehead atoms. The number of fused-ring (bicyclic) bond motifs is 1. The summed E-state index contributed by atoms with van der Waals surface area (Å²) in [4.78, 5) is 9.00. The van der Waals surface area contributed by atoms with Gasteiger partial charge in [-0.3, -0.25) is 9.97 Å². The molecule has 0 radical (unpaired) electrons. The first kappa shape index (κ1) is 13.5. The molecule has 1 aromatic heterocycles. The van der Waals surface area contributed by atoms with Crippen LogP contribution in [0.4, 0.5) is 0 Å². The minimum absolute atomic E-state index is 0.397. The Morgan fingerprint density at radius 3 is 2.55 bits per heavy atom. The van der Waals surface area contributed by atoms with Gasteiger partial charge < -0.3 is 5.32 Å². The number of rotatable bonds is 3. The van der Waals surface area contributed by atoms with Crippen molar-refractivity contribution in [1.82, 2.24) is 15.3 Å². The Morgan fingerprint density at radius 2 is 1.80 bits per heavy atom. The predicted molar refractivity (Wildman–Crippen MR) is 82.5 cm³/mol. The molecule has 0 amide bonds. The Hall–Kier alpha value is -1.48. The third-order valence-electron chi connectivity index (χ3n) is 4.55. The first-order chi connectivity index (χ1) is 9.90. The third kappa shape index (κ3) is 2.68. The molecule has 2 aromatic rings. The molecule has 20 heavy (non-hydrogen) atoms. The Labute approximate surface area is 120 Å². The molecule has 1 N–H and O–H groups in total. The zero-order chi connectivity index (χ0) is 13.8. The zero-order valence-corrected chi connectivity index (χ0v) is 12.2. The predicted octanol–water partition coefficient (Wildman–Crippen LogP) is 3.86. The van der Waals surface area contributed by atoms with Crippen LogP contribution < -0.4 is 5.32 Å². The summed E-state index contributed by atoms with van der Waals surface area (Å²) in [5.41, 5.74) is 3.36. The number of benzene rings is 1. The first-order valence-electron chi connectivity index (χ1n) is 7.77. The molecule has 1 heterocycles. The van der Waals surface area contributed by atoms with Crippen LogP contribution in [0.1, 0.15) is 50.1 Å². The van der Waals surface area contributed by atoms with E-state index < -0.39 is 0 Å². The summed E-state index contributed by atoms with van der Waals surface area (Å²) in [6.45, 7) is 0. The molecule has 3 nitrogen and oxygen atoms in total. The fraction of sp³-hybridized carbons (Fsp3) is 0.529. The van der Waals surface area contributed by atoms with Gasteiger partial charge in [0.25, 0.3) is 0 Å². The maximum Gasteiger partial charge on any atom is 0.0934 e. The highest BCUT2D eigenvalue weighted by Crippen LogP contribution is 2.35. The van der Waals surface area contributed by atoms with Gasteiger partial charge in [-0.2, -0.15) is 0 Å². The molecule has 0 spiro atoms. The van der Waals surface area contributed by atoms with Crippen molar-refractivity contribution in [3.8, 4) is 0 Å². The Kier molecular flexibility index (Phi) is 4.26. The van der Waals surface area contributed by atoms with Gasteiger partial charge in [-0.05, 0) is 37.4 Å². The minimum atomic E-state index is 0.397. The molecule has 106 valence electrons. The van der Waals surface area contributed by atoms with Gasteiger partial charge in [0.1, 0.15) is 0 Å². The number of hydrogen-bond acceptors (Lipinski definition) is 3. The van der Waals surface area contributed by atoms with Crippen molar-refractivity contribution in [3.63, 3.8) is 0 Å². The molecule has 1 fully saturated rings. The summed E-state index contributed by atoms with van der Waals surface area (Å²) in [7, 11) is 2.07. The van der Waals surface area contributed by atoms with E-state index in [0.29, 0.717) is 6.04 Å². The van der Waals surface area contributed by atoms with E-state index in [1.54, 1.807) is 12.4 Å². The lowest BCUT2D eigenvalue weighted by Gasteiger charge is -2.26. The quantitative estimate of drug-likeness (QED) is 0.860. The summed E-state index contributed by atoms with van der Waals surface area (Å²) in [5.74, 6) is 0.718. The minimum Gasteiger partial charge on any atom is -0.313 e. The van der Waals surface area contributed by atoms with E-state index in [2.05, 4.69) is 34.5 Å². The molecule has 1 aromatic carbocycles. The van der Waals surface area contributed by atoms with Crippen molar-refractivity contribution in [2.45, 2.75) is 44.6 Å². The smallest absolute Gasteiger partial charge is 0.0934 e. The SMILES string of the molecule is CNC(c1cccc2nccnc12)C1CCCCCC1. The van der Waals surface area contributed by atoms with Gasteiger partial charge in [0.2, 0.25) is 0 Å². The lowest BCUT2D eigenvalue weighted by Crippen LogP contribution is -2.25. The maximum atomic E-state index is 4.57. The number of aromatic nitrogens is 2. The standard InChI is InChI=1S/C17H23N3/c1-18-16(13-7-4-2-3-5-8-13)14-9-6-10-15-17(14)20-12-11-19-15/h6,9-13,16,18H,2-5,7-8H2,1H3. The fourth-order valence-electron chi connectivity index (χ4n) is 3.56. The average molecular weight is 269 g/mol. The maximum absolute atomic E-state index is 4.57. The van der Waals surface area contributed by atoms with Gasteiger partial charge >= 0.3 is 0 Å². The van der Waals surface area contributed by atoms with Crippen LogP contribution in [0.25, 0.3) is 11.0 Å². The van der Waals surface area contributed by atoms with Crippen molar-refractivity contribution < 1.29 is 0 Å². The molecular formula is C17H23N3. The van der Waals surface area contributed by atoms with Crippen LogP contribution in [0.15, 0.2) is 30.6 Å². The summed E-state index contributed by atoms with van der Waals surface area (Å²) in [6, 6.07) is 6.76. The topological polar surface area (TPSA) is 37.8 Å². The van der Waals surface area contributed by atoms with Crippen LogP contribution in [0.2, 0.25) is 0 Å². The Bertz CT molecular complexity index is 554. The van der Waals surface area contributed by atoms with Crippen molar-refractivity contribution in [3.05, 3.63) is 36.2 Å². The fourth-order valence-corrected chi connectivity index (χ4v) is 3.56. The lowest BCUT2D eigenvalue weighted by molar-refractivity contribution is 0.343. The van der Waals surface area contributed by atoms with E-state index in [0.717, 1.165) is 17.0 Å². The number of hydrogen-bond donors (Lipinski definition) is 1. The number of nitrogens with one attached hydrogen (secondary N) is 1. The third-order valence-corrected chi connectivity index (χ3v) is 4.55. The van der Waals surface area contributed by atoms with Gasteiger partial charge in [-0.15, -0.1) is 0 Å². The molecular weight excluding hydrogens is 246 g/mol. The van der Waals surface area contributed by atoms with Crippen LogP contribution in [0.3, 0.4) is 0 Å². The van der Waals surface area contributed by atoms with Gasteiger partial charge in [0.05, 0.1) is 11.0 Å². The van der Waals surface area contributed by atoms with E-state index in [4.69, 9.17) is 0 Å². The van der Waals surface area contributed by atoms with E-state index in [9.17, 15) is 0 Å². The van der Waals surface area contributed by atoms with Crippen LogP contribution in [0, 0.1) is 5.92 Å². The molecule has 3 heteroatoms. The molecule has 1 saturated carbocycles. The number of nitrogens with zero attached hydrogens (tertiary/aromatic N) is 2. The monoisotopic (exact) mass is 269 g/mol. The van der Waals surface area contributed by atoms with E-state index in [1.807, 2.05) is 6.07 Å². The van der Waals surface area contributed by atoms with E-state index in [-0.39, 0.29) is 0 Å². The molecule has 3 rings (SSSR count). The Balaban J connectivity index is 1.98. The van der Waals surface area contributed by atoms with Crippen molar-refractivity contribution >= 4 is 11.0 Å². The largest absolute Gasteiger partial charge is 0.313 e. The average Bonchev–Trinajstić information content (AvgIpc) is 2.78. The van der Waals surface area contributed by atoms with Gasteiger partial charge in [0, 0.05) is 18.4 Å². The normalized spacial score (nSPS) is 18.9. The summed E-state index contributed by atoms with van der Waals surface area (Å²) in [6.07, 6.45) is 11.7. The summed E-state index contributed by atoms with van der Waals surface area (Å²) in [5, 5.41) is 3.54. The Morgan fingerprint density at radius 1 is 1.05 bits per heavy atom. The van der Waals surface area contributed by atoms with Gasteiger partial charge in [-0.1, -0.05) is 37.8 Å². The van der Waals surface area contributed by atoms with Crippen molar-refractivity contribution in [2.75, 3.05) is 7.05 Å². The lowest BCUT2D eigenvalue weighted by atomic mass is 9.86. The van der Waals surface area contributed by atoms with Crippen LogP contribution >= 0.6 is 0 Å². The molecule has 0 aliphatic heterocycles. The summed E-state index contributed by atoms with van der Waals surface area (Å²) < 4.78 is 0. The van der Waals surface area contributed by atoms with Gasteiger partial charge in [-0.25, -0.2) is 0 Å². The highest BCUT2D eigenvalue weighted by molar-refractivity contribution is 5.78. The van der Waals surface area contributed by atoms with Crippen LogP contribution in [-0.2, 0) is 0 Å². The van der Waals surface area contributed by atoms with E-state index in [1.165, 1.54) is 44.1 Å². The zero-order valence-electron chi connectivity index (χ0n) is 12.2. The summed E-state index contributed by atoms with van der Waals surface area (Å²) >= 11 is 0. The second-order valence-corrected chi connectivity index (χ2v) is 5.79. The molecule has 1 aliphatic rings. The second-order valence-electron chi connectivity index (χ2n) is 5.79. The first-order valence-corrected chi connectivity index (χ1v) is 7.77. The van der Waals surface area contributed by atoms with Crippen molar-refractivity contribution in [2.24, 2.45) is 5.92 Å². The molecule has 1 aliphatic carbocycles. The number of para-hydroxylation sites is 1. The van der Waals surface area contributed by atoms with Crippen LogP contribution in [0.5, 0.6) is 0 Å². The molecule has 1 unspecified atom stereocenters. The van der Waals surface area contributed by atoms with Crippen molar-refractivity contribution in [1.29, 1.82) is 0 Å². The second kappa shape index (κ2) is 6.31. The highest BCUT2D eigenvalue weighted by atomic mass is 14.9. The van der Waals surface area contributed by atoms with Crippen LogP contribution in [-0.4, -0.2) is 17.0 Å². The highest BCUT2D eigenvalue weighted by Gasteiger charge is 2.24. The van der Waals surface area contributed by atoms with Gasteiger partial charge in [0.15, 0.2) is 0 Å².